The quantitative estimate of drug-likeness (QED) is 0.478. The number of hydrogen-bond acceptors (Lipinski definition) is 5. The Bertz CT molecular complexity index is 790. The van der Waals surface area contributed by atoms with E-state index in [1.165, 1.54) is 0 Å². The van der Waals surface area contributed by atoms with E-state index in [1.54, 1.807) is 42.2 Å². The van der Waals surface area contributed by atoms with Gasteiger partial charge >= 0.3 is 6.09 Å². The van der Waals surface area contributed by atoms with Crippen molar-refractivity contribution in [3.05, 3.63) is 30.3 Å². The number of guanidine groups is 1. The molecule has 0 aliphatic carbocycles. The molecule has 1 aliphatic heterocycles. The van der Waals surface area contributed by atoms with Gasteiger partial charge < -0.3 is 20.3 Å². The maximum atomic E-state index is 12.7. The fraction of sp³-hybridized carbons (Fsp3) is 0.619. The number of likely N-dealkylation sites (tertiary alicyclic amines) is 1. The Morgan fingerprint density at radius 2 is 1.87 bits per heavy atom. The fourth-order valence-corrected chi connectivity index (χ4v) is 4.96. The van der Waals surface area contributed by atoms with E-state index in [4.69, 9.17) is 4.74 Å². The molecule has 1 amide bonds. The summed E-state index contributed by atoms with van der Waals surface area (Å²) in [5.41, 5.74) is 0. The number of carbonyl (C=O) groups is 1. The molecule has 1 saturated heterocycles. The number of piperidine rings is 1. The smallest absolute Gasteiger partial charge is 0.409 e. The Morgan fingerprint density at radius 3 is 2.43 bits per heavy atom. The van der Waals surface area contributed by atoms with Crippen molar-refractivity contribution in [1.29, 1.82) is 0 Å². The summed E-state index contributed by atoms with van der Waals surface area (Å²) in [4.78, 5) is 18.4. The third-order valence-corrected chi connectivity index (χ3v) is 6.87. The van der Waals surface area contributed by atoms with Gasteiger partial charge in [0, 0.05) is 31.7 Å². The molecule has 2 N–H and O–H groups in total. The van der Waals surface area contributed by atoms with Gasteiger partial charge in [-0.05, 0) is 45.2 Å². The number of sulfone groups is 1. The highest BCUT2D eigenvalue weighted by atomic mass is 32.2. The topological polar surface area (TPSA) is 100 Å². The van der Waals surface area contributed by atoms with E-state index in [0.29, 0.717) is 43.5 Å². The van der Waals surface area contributed by atoms with Crippen LogP contribution >= 0.6 is 0 Å². The lowest BCUT2D eigenvalue weighted by molar-refractivity contribution is 0.0963. The lowest BCUT2D eigenvalue weighted by Gasteiger charge is -2.33. The van der Waals surface area contributed by atoms with Crippen molar-refractivity contribution in [2.24, 2.45) is 4.99 Å². The molecule has 8 nitrogen and oxygen atoms in total. The molecule has 0 saturated carbocycles. The average molecular weight is 439 g/mol. The molecule has 1 fully saturated rings. The number of aliphatic imine (C=N–C) groups is 1. The third-order valence-electron chi connectivity index (χ3n) is 5.03. The van der Waals surface area contributed by atoms with E-state index < -0.39 is 9.84 Å². The molecule has 9 heteroatoms. The first kappa shape index (κ1) is 24.0. The molecule has 168 valence electrons. The number of ether oxygens (including phenoxy) is 1. The average Bonchev–Trinajstić information content (AvgIpc) is 2.74. The maximum Gasteiger partial charge on any atom is 0.409 e. The first-order valence-corrected chi connectivity index (χ1v) is 12.3. The van der Waals surface area contributed by atoms with Crippen molar-refractivity contribution >= 4 is 21.9 Å². The highest BCUT2D eigenvalue weighted by molar-refractivity contribution is 7.91. The first-order valence-electron chi connectivity index (χ1n) is 10.7. The SMILES string of the molecule is CCN=C(NC1CCN(C(=O)OCC)CC1)NC(CC)CS(=O)(=O)c1ccccc1. The van der Waals surface area contributed by atoms with Crippen LogP contribution in [0.5, 0.6) is 0 Å². The van der Waals surface area contributed by atoms with Gasteiger partial charge in [0.05, 0.1) is 17.3 Å². The molecule has 1 heterocycles. The highest BCUT2D eigenvalue weighted by Crippen LogP contribution is 2.14. The van der Waals surface area contributed by atoms with Gasteiger partial charge in [-0.25, -0.2) is 13.2 Å². The van der Waals surface area contributed by atoms with Crippen LogP contribution in [-0.4, -0.2) is 69.4 Å². The molecule has 0 aromatic heterocycles. The summed E-state index contributed by atoms with van der Waals surface area (Å²) >= 11 is 0. The van der Waals surface area contributed by atoms with Gasteiger partial charge in [-0.15, -0.1) is 0 Å². The highest BCUT2D eigenvalue weighted by Gasteiger charge is 2.25. The van der Waals surface area contributed by atoms with Crippen LogP contribution in [0.3, 0.4) is 0 Å². The number of carbonyl (C=O) groups excluding carboxylic acids is 1. The number of rotatable bonds is 8. The van der Waals surface area contributed by atoms with Crippen LogP contribution in [0.1, 0.15) is 40.0 Å². The van der Waals surface area contributed by atoms with E-state index in [1.807, 2.05) is 13.8 Å². The van der Waals surface area contributed by atoms with Gasteiger partial charge in [-0.2, -0.15) is 0 Å². The number of nitrogens with zero attached hydrogens (tertiary/aromatic N) is 2. The number of benzene rings is 1. The van der Waals surface area contributed by atoms with Crippen molar-refractivity contribution in [3.8, 4) is 0 Å². The molecule has 1 unspecified atom stereocenters. The van der Waals surface area contributed by atoms with E-state index in [9.17, 15) is 13.2 Å². The standard InChI is InChI=1S/C21H34N4O4S/c1-4-17(16-30(27,28)19-10-8-7-9-11-19)23-20(22-5-2)24-18-12-14-25(15-13-18)21(26)29-6-3/h7-11,17-18H,4-6,12-16H2,1-3H3,(H2,22,23,24). The van der Waals surface area contributed by atoms with Crippen LogP contribution in [0, 0.1) is 0 Å². The predicted molar refractivity (Wildman–Crippen MR) is 118 cm³/mol. The van der Waals surface area contributed by atoms with Gasteiger partial charge in [0.25, 0.3) is 0 Å². The Morgan fingerprint density at radius 1 is 1.20 bits per heavy atom. The molecule has 1 atom stereocenters. The second-order valence-corrected chi connectivity index (χ2v) is 9.31. The lowest BCUT2D eigenvalue weighted by Crippen LogP contribution is -2.52. The Kier molecular flexibility index (Phi) is 9.42. The van der Waals surface area contributed by atoms with E-state index >= 15 is 0 Å². The van der Waals surface area contributed by atoms with Gasteiger partial charge in [0.15, 0.2) is 15.8 Å². The molecule has 30 heavy (non-hydrogen) atoms. The molecule has 2 rings (SSSR count). The predicted octanol–water partition coefficient (Wildman–Crippen LogP) is 2.41. The first-order chi connectivity index (χ1) is 14.4. The van der Waals surface area contributed by atoms with Crippen molar-refractivity contribution in [2.75, 3.05) is 32.0 Å². The van der Waals surface area contributed by atoms with E-state index in [2.05, 4.69) is 15.6 Å². The van der Waals surface area contributed by atoms with Crippen LogP contribution in [0.4, 0.5) is 4.79 Å². The molecule has 0 spiro atoms. The van der Waals surface area contributed by atoms with Gasteiger partial charge in [0.1, 0.15) is 0 Å². The zero-order chi connectivity index (χ0) is 22.0. The second kappa shape index (κ2) is 11.8. The molecule has 1 aliphatic rings. The van der Waals surface area contributed by atoms with Crippen LogP contribution < -0.4 is 10.6 Å². The molecule has 1 aromatic rings. The summed E-state index contributed by atoms with van der Waals surface area (Å²) in [7, 11) is -3.39. The summed E-state index contributed by atoms with van der Waals surface area (Å²) < 4.78 is 30.5. The van der Waals surface area contributed by atoms with Crippen molar-refractivity contribution < 1.29 is 17.9 Å². The van der Waals surface area contributed by atoms with Crippen LogP contribution in [0.15, 0.2) is 40.2 Å². The van der Waals surface area contributed by atoms with Crippen LogP contribution in [0.2, 0.25) is 0 Å². The molecular formula is C21H34N4O4S. The van der Waals surface area contributed by atoms with Gasteiger partial charge in [-0.1, -0.05) is 25.1 Å². The van der Waals surface area contributed by atoms with Gasteiger partial charge in [0.2, 0.25) is 0 Å². The minimum Gasteiger partial charge on any atom is -0.450 e. The summed E-state index contributed by atoms with van der Waals surface area (Å²) in [5, 5.41) is 6.69. The zero-order valence-corrected chi connectivity index (χ0v) is 19.0. The summed E-state index contributed by atoms with van der Waals surface area (Å²) in [6, 6.07) is 8.42. The normalized spacial score (nSPS) is 16.8. The monoisotopic (exact) mass is 438 g/mol. The number of amides is 1. The van der Waals surface area contributed by atoms with Crippen LogP contribution in [0.25, 0.3) is 0 Å². The Balaban J connectivity index is 1.94. The summed E-state index contributed by atoms with van der Waals surface area (Å²) in [5.74, 6) is 0.612. The fourth-order valence-electron chi connectivity index (χ4n) is 3.35. The second-order valence-electron chi connectivity index (χ2n) is 7.27. The largest absolute Gasteiger partial charge is 0.450 e. The molecular weight excluding hydrogens is 404 g/mol. The van der Waals surface area contributed by atoms with E-state index in [-0.39, 0.29) is 23.9 Å². The Labute approximate surface area is 180 Å². The Hall–Kier alpha value is -2.29. The zero-order valence-electron chi connectivity index (χ0n) is 18.1. The minimum absolute atomic E-state index is 0.000763. The van der Waals surface area contributed by atoms with Crippen molar-refractivity contribution in [2.45, 2.75) is 57.0 Å². The third kappa shape index (κ3) is 7.19. The van der Waals surface area contributed by atoms with Crippen LogP contribution in [-0.2, 0) is 14.6 Å². The van der Waals surface area contributed by atoms with Crippen molar-refractivity contribution in [1.82, 2.24) is 15.5 Å². The minimum atomic E-state index is -3.39. The maximum absolute atomic E-state index is 12.7. The van der Waals surface area contributed by atoms with E-state index in [0.717, 1.165) is 12.8 Å². The molecule has 1 aromatic carbocycles. The lowest BCUT2D eigenvalue weighted by atomic mass is 10.1. The number of hydrogen-bond donors (Lipinski definition) is 2. The molecule has 0 bridgehead atoms. The number of nitrogens with one attached hydrogen (secondary N) is 2. The summed E-state index contributed by atoms with van der Waals surface area (Å²) in [6.07, 6.45) is 1.94. The van der Waals surface area contributed by atoms with Gasteiger partial charge in [-0.3, -0.25) is 4.99 Å². The summed E-state index contributed by atoms with van der Waals surface area (Å²) in [6.45, 7) is 7.89. The molecule has 0 radical (unpaired) electrons. The van der Waals surface area contributed by atoms with Crippen molar-refractivity contribution in [3.63, 3.8) is 0 Å².